The van der Waals surface area contributed by atoms with Crippen molar-refractivity contribution in [2.75, 3.05) is 19.8 Å². The Balaban J connectivity index is 1.84. The Labute approximate surface area is 193 Å². The molecular formula is C25H24N5O3-. The molecule has 8 nitrogen and oxygen atoms in total. The molecule has 0 saturated carbocycles. The van der Waals surface area contributed by atoms with Gasteiger partial charge < -0.3 is 14.9 Å². The molecule has 0 saturated heterocycles. The lowest BCUT2D eigenvalue weighted by atomic mass is 10.0. The van der Waals surface area contributed by atoms with Crippen LogP contribution in [0.1, 0.15) is 42.6 Å². The van der Waals surface area contributed by atoms with Gasteiger partial charge in [-0.15, -0.1) is 16.7 Å². The highest BCUT2D eigenvalue weighted by atomic mass is 16.5. The van der Waals surface area contributed by atoms with Gasteiger partial charge in [0.05, 0.1) is 24.6 Å². The van der Waals surface area contributed by atoms with Crippen molar-refractivity contribution in [1.82, 2.24) is 5.01 Å². The summed E-state index contributed by atoms with van der Waals surface area (Å²) in [5.74, 6) is 4.99. The van der Waals surface area contributed by atoms with Crippen LogP contribution in [-0.4, -0.2) is 42.3 Å². The number of terminal acetylenes is 1. The molecule has 1 aliphatic heterocycles. The maximum atomic E-state index is 13.1. The summed E-state index contributed by atoms with van der Waals surface area (Å²) >= 11 is 0. The van der Waals surface area contributed by atoms with Crippen molar-refractivity contribution in [1.29, 1.82) is 0 Å². The number of benzene rings is 2. The van der Waals surface area contributed by atoms with E-state index in [-0.39, 0.29) is 11.6 Å². The van der Waals surface area contributed by atoms with Crippen molar-refractivity contribution in [3.63, 3.8) is 0 Å². The van der Waals surface area contributed by atoms with Crippen molar-refractivity contribution in [2.24, 2.45) is 15.3 Å². The molecule has 0 aromatic heterocycles. The van der Waals surface area contributed by atoms with Crippen LogP contribution in [0.3, 0.4) is 0 Å². The van der Waals surface area contributed by atoms with E-state index in [0.717, 1.165) is 24.1 Å². The Morgan fingerprint density at radius 3 is 2.70 bits per heavy atom. The third-order valence-electron chi connectivity index (χ3n) is 4.74. The molecule has 2 aromatic carbocycles. The van der Waals surface area contributed by atoms with Gasteiger partial charge in [-0.25, -0.2) is 10.9 Å². The van der Waals surface area contributed by atoms with Gasteiger partial charge in [0.1, 0.15) is 0 Å². The third-order valence-corrected chi connectivity index (χ3v) is 4.74. The van der Waals surface area contributed by atoms with Crippen molar-refractivity contribution >= 4 is 23.2 Å². The number of hydrogen-bond acceptors (Lipinski definition) is 6. The number of azo groups is 1. The molecule has 0 aliphatic carbocycles. The maximum Gasteiger partial charge on any atom is 0.274 e. The summed E-state index contributed by atoms with van der Waals surface area (Å²) in [6, 6.07) is 12.3. The van der Waals surface area contributed by atoms with Crippen molar-refractivity contribution < 1.29 is 14.3 Å². The summed E-state index contributed by atoms with van der Waals surface area (Å²) in [6.45, 7) is 5.40. The van der Waals surface area contributed by atoms with Gasteiger partial charge in [-0.3, -0.25) is 4.79 Å². The highest BCUT2D eigenvalue weighted by Crippen LogP contribution is 2.30. The predicted octanol–water partition coefficient (Wildman–Crippen LogP) is 4.96. The minimum atomic E-state index is -0.248. The first-order valence-electron chi connectivity index (χ1n) is 10.6. The molecule has 0 bridgehead atoms. The number of hydrazone groups is 1. The van der Waals surface area contributed by atoms with E-state index in [4.69, 9.17) is 21.3 Å². The van der Waals surface area contributed by atoms with E-state index in [1.165, 1.54) is 5.01 Å². The SMILES string of the molecule is C#CC(=C=[N-])N=Nc1cccc(C(=O)N2CCCC(c3ccc(OCC)c(OCC)c3)=N2)c1. The van der Waals surface area contributed by atoms with Gasteiger partial charge in [0.2, 0.25) is 0 Å². The first-order chi connectivity index (χ1) is 16.1. The predicted molar refractivity (Wildman–Crippen MR) is 127 cm³/mol. The quantitative estimate of drug-likeness (QED) is 0.328. The zero-order valence-electron chi connectivity index (χ0n) is 18.6. The summed E-state index contributed by atoms with van der Waals surface area (Å²) in [7, 11) is 0. The van der Waals surface area contributed by atoms with Crippen molar-refractivity contribution in [3.05, 3.63) is 64.7 Å². The molecule has 0 fully saturated rings. The van der Waals surface area contributed by atoms with Crippen molar-refractivity contribution in [3.8, 4) is 23.8 Å². The highest BCUT2D eigenvalue weighted by molar-refractivity contribution is 6.03. The molecule has 8 heteroatoms. The summed E-state index contributed by atoms with van der Waals surface area (Å²) in [5, 5.41) is 22.6. The Bertz CT molecular complexity index is 1170. The van der Waals surface area contributed by atoms with Gasteiger partial charge in [0.15, 0.2) is 17.2 Å². The molecule has 168 valence electrons. The van der Waals surface area contributed by atoms with Crippen LogP contribution < -0.4 is 9.47 Å². The van der Waals surface area contributed by atoms with E-state index in [9.17, 15) is 4.79 Å². The second kappa shape index (κ2) is 11.4. The summed E-state index contributed by atoms with van der Waals surface area (Å²) in [4.78, 5) is 13.1. The molecule has 1 heterocycles. The lowest BCUT2D eigenvalue weighted by molar-refractivity contribution is 0.0751. The van der Waals surface area contributed by atoms with Gasteiger partial charge in [-0.1, -0.05) is 6.07 Å². The largest absolute Gasteiger partial charge is 0.761 e. The van der Waals surface area contributed by atoms with Gasteiger partial charge >= 0.3 is 0 Å². The average Bonchev–Trinajstić information content (AvgIpc) is 2.86. The Morgan fingerprint density at radius 1 is 1.18 bits per heavy atom. The molecule has 0 N–H and O–H groups in total. The Hall–Kier alpha value is -4.21. The fourth-order valence-corrected chi connectivity index (χ4v) is 3.26. The molecule has 1 aliphatic rings. The van der Waals surface area contributed by atoms with E-state index in [2.05, 4.69) is 21.3 Å². The Kier molecular flexibility index (Phi) is 8.12. The van der Waals surface area contributed by atoms with Crippen LogP contribution in [0.4, 0.5) is 5.69 Å². The molecule has 2 aromatic rings. The minimum absolute atomic E-state index is 0.140. The number of allylic oxidation sites excluding steroid dienone is 1. The third kappa shape index (κ3) is 5.94. The van der Waals surface area contributed by atoms with Crippen LogP contribution in [0.5, 0.6) is 11.5 Å². The standard InChI is InChI=1S/C25H24N5O3/c1-4-20(17-26)27-28-21-10-7-9-19(15-21)25(31)30-14-8-11-22(29-30)18-12-13-23(32-5-2)24(16-18)33-6-3/h1,7,9-10,12-13,15-16H,5-6,8,11,14H2,2-3H3/q-1. The molecule has 0 unspecified atom stereocenters. The zero-order valence-corrected chi connectivity index (χ0v) is 18.6. The molecule has 0 spiro atoms. The highest BCUT2D eigenvalue weighted by Gasteiger charge is 2.22. The van der Waals surface area contributed by atoms with Gasteiger partial charge in [0.25, 0.3) is 5.91 Å². The van der Waals surface area contributed by atoms with Gasteiger partial charge in [-0.05, 0) is 69.0 Å². The van der Waals surface area contributed by atoms with E-state index in [1.54, 1.807) is 30.1 Å². The van der Waals surface area contributed by atoms with E-state index >= 15 is 0 Å². The normalized spacial score (nSPS) is 13.1. The maximum absolute atomic E-state index is 13.1. The lowest BCUT2D eigenvalue weighted by Crippen LogP contribution is -2.32. The number of carbonyl (C=O) groups is 1. The van der Waals surface area contributed by atoms with Gasteiger partial charge in [0, 0.05) is 17.7 Å². The van der Waals surface area contributed by atoms with Gasteiger partial charge in [-0.2, -0.15) is 5.10 Å². The molecule has 0 atom stereocenters. The van der Waals surface area contributed by atoms with Crippen molar-refractivity contribution in [2.45, 2.75) is 26.7 Å². The smallest absolute Gasteiger partial charge is 0.274 e. The van der Waals surface area contributed by atoms with E-state index in [0.29, 0.717) is 42.5 Å². The molecule has 3 rings (SSSR count). The fourth-order valence-electron chi connectivity index (χ4n) is 3.26. The van der Waals surface area contributed by atoms with Crippen LogP contribution >= 0.6 is 0 Å². The lowest BCUT2D eigenvalue weighted by Gasteiger charge is -2.24. The minimum Gasteiger partial charge on any atom is -0.761 e. The average molecular weight is 442 g/mol. The molecular weight excluding hydrogens is 418 g/mol. The number of carbonyl (C=O) groups excluding carboxylic acids is 1. The van der Waals surface area contributed by atoms with Crippen LogP contribution in [-0.2, 0) is 0 Å². The monoisotopic (exact) mass is 442 g/mol. The molecule has 33 heavy (non-hydrogen) atoms. The topological polar surface area (TPSA) is 98.2 Å². The second-order valence-corrected chi connectivity index (χ2v) is 6.96. The summed E-state index contributed by atoms with van der Waals surface area (Å²) in [6.07, 6.45) is 6.71. The summed E-state index contributed by atoms with van der Waals surface area (Å²) < 4.78 is 11.4. The number of ether oxygens (including phenoxy) is 2. The fraction of sp³-hybridized carbons (Fsp3) is 0.280. The van der Waals surface area contributed by atoms with Crippen LogP contribution in [0.2, 0.25) is 0 Å². The van der Waals surface area contributed by atoms with Crippen LogP contribution in [0.15, 0.2) is 63.5 Å². The number of nitrogens with zero attached hydrogens (tertiary/aromatic N) is 5. The molecule has 0 radical (unpaired) electrons. The first-order valence-corrected chi connectivity index (χ1v) is 10.6. The zero-order chi connectivity index (χ0) is 23.6. The number of rotatable bonds is 8. The van der Waals surface area contributed by atoms with Crippen LogP contribution in [0.25, 0.3) is 5.41 Å². The van der Waals surface area contributed by atoms with E-state index < -0.39 is 0 Å². The number of amides is 1. The molecule has 1 amide bonds. The van der Waals surface area contributed by atoms with E-state index in [1.807, 2.05) is 32.0 Å². The second-order valence-electron chi connectivity index (χ2n) is 6.96. The first kappa shape index (κ1) is 23.5. The van der Waals surface area contributed by atoms with Crippen LogP contribution in [0, 0.1) is 12.3 Å². The Morgan fingerprint density at radius 2 is 1.97 bits per heavy atom. The summed E-state index contributed by atoms with van der Waals surface area (Å²) in [5.41, 5.74) is 2.38. The number of hydrogen-bond donors (Lipinski definition) is 0.